The van der Waals surface area contributed by atoms with E-state index in [0.29, 0.717) is 0 Å². The Balaban J connectivity index is 5.96. The van der Waals surface area contributed by atoms with Crippen molar-refractivity contribution in [2.75, 3.05) is 19.8 Å². The van der Waals surface area contributed by atoms with E-state index in [4.69, 9.17) is 5.11 Å². The summed E-state index contributed by atoms with van der Waals surface area (Å²) in [5.41, 5.74) is -0.525. The number of carbonyl (C=O) groups is 1. The summed E-state index contributed by atoms with van der Waals surface area (Å²) in [6, 6.07) is 0. The minimum atomic E-state index is -0.705. The van der Waals surface area contributed by atoms with E-state index in [9.17, 15) is 20.1 Å². The summed E-state index contributed by atoms with van der Waals surface area (Å²) in [5, 5.41) is 41.7. The van der Waals surface area contributed by atoms with Crippen LogP contribution in [0.5, 0.6) is 0 Å². The zero-order valence-corrected chi connectivity index (χ0v) is 30.6. The van der Waals surface area contributed by atoms with Crippen LogP contribution in [0.15, 0.2) is 0 Å². The Labute approximate surface area is 280 Å². The van der Waals surface area contributed by atoms with Crippen molar-refractivity contribution in [2.24, 2.45) is 16.7 Å². The van der Waals surface area contributed by atoms with Crippen LogP contribution in [0.3, 0.4) is 0 Å². The van der Waals surface area contributed by atoms with Crippen LogP contribution in [0.25, 0.3) is 0 Å². The molecule has 0 radical (unpaired) electrons. The van der Waals surface area contributed by atoms with Crippen LogP contribution in [-0.2, 0) is 4.79 Å². The summed E-state index contributed by atoms with van der Waals surface area (Å²) in [6.45, 7) is 6.73. The molecule has 0 aliphatic rings. The van der Waals surface area contributed by atoms with Crippen molar-refractivity contribution >= 4 is 5.97 Å². The molecule has 0 bridgehead atoms. The number of carboxylic acid groups (broad SMARTS) is 1. The van der Waals surface area contributed by atoms with Crippen molar-refractivity contribution < 1.29 is 25.2 Å². The lowest BCUT2D eigenvalue weighted by Crippen LogP contribution is -2.52. The second-order valence-corrected chi connectivity index (χ2v) is 14.6. The largest absolute Gasteiger partial charge is 0.481 e. The van der Waals surface area contributed by atoms with Crippen molar-refractivity contribution in [1.82, 2.24) is 0 Å². The van der Waals surface area contributed by atoms with E-state index in [-0.39, 0.29) is 37.6 Å². The van der Waals surface area contributed by atoms with Gasteiger partial charge in [0.25, 0.3) is 0 Å². The Kier molecular flexibility index (Phi) is 30.2. The molecule has 0 aromatic rings. The van der Waals surface area contributed by atoms with Gasteiger partial charge in [-0.3, -0.25) is 4.79 Å². The van der Waals surface area contributed by atoms with Gasteiger partial charge in [0.1, 0.15) is 0 Å². The number of rotatable bonds is 36. The van der Waals surface area contributed by atoms with Crippen molar-refractivity contribution in [3.8, 4) is 0 Å². The highest BCUT2D eigenvalue weighted by molar-refractivity contribution is 5.66. The predicted molar refractivity (Wildman–Crippen MR) is 193 cm³/mol. The van der Waals surface area contributed by atoms with Gasteiger partial charge in [0.15, 0.2) is 0 Å². The van der Waals surface area contributed by atoms with Gasteiger partial charge in [-0.05, 0) is 37.5 Å². The summed E-state index contributed by atoms with van der Waals surface area (Å²) in [6.07, 6.45) is 34.2. The Hall–Kier alpha value is -0.650. The second kappa shape index (κ2) is 30.7. The molecule has 0 aliphatic heterocycles. The number of hydrogen-bond acceptors (Lipinski definition) is 4. The zero-order valence-electron chi connectivity index (χ0n) is 30.6. The van der Waals surface area contributed by atoms with Crippen LogP contribution in [0.2, 0.25) is 0 Å². The molecule has 0 amide bonds. The summed E-state index contributed by atoms with van der Waals surface area (Å²) in [5.74, 6) is -0.997. The first-order chi connectivity index (χ1) is 21.9. The first kappa shape index (κ1) is 44.4. The third-order valence-corrected chi connectivity index (χ3v) is 11.1. The van der Waals surface area contributed by atoms with Gasteiger partial charge in [0, 0.05) is 37.6 Å². The molecular formula is C40H80O5. The summed E-state index contributed by atoms with van der Waals surface area (Å²) in [4.78, 5) is 10.8. The Morgan fingerprint density at radius 2 is 0.778 bits per heavy atom. The molecule has 0 spiro atoms. The Bertz CT molecular complexity index is 593. The molecule has 1 atom stereocenters. The van der Waals surface area contributed by atoms with E-state index in [0.717, 1.165) is 70.6 Å². The molecule has 0 aliphatic carbocycles. The number of unbranched alkanes of at least 4 members (excludes halogenated alkanes) is 21. The average molecular weight is 641 g/mol. The lowest BCUT2D eigenvalue weighted by Gasteiger charge is -2.55. The van der Waals surface area contributed by atoms with E-state index in [2.05, 4.69) is 20.8 Å². The van der Waals surface area contributed by atoms with E-state index in [1.54, 1.807) is 0 Å². The molecule has 270 valence electrons. The molecule has 5 nitrogen and oxygen atoms in total. The highest BCUT2D eigenvalue weighted by Gasteiger charge is 2.53. The quantitative estimate of drug-likeness (QED) is 0.0511. The van der Waals surface area contributed by atoms with Gasteiger partial charge in [-0.2, -0.15) is 0 Å². The monoisotopic (exact) mass is 641 g/mol. The van der Waals surface area contributed by atoms with E-state index >= 15 is 0 Å². The van der Waals surface area contributed by atoms with E-state index in [1.807, 2.05) is 0 Å². The van der Waals surface area contributed by atoms with Crippen LogP contribution in [0.4, 0.5) is 0 Å². The number of aliphatic carboxylic acids is 1. The topological polar surface area (TPSA) is 98.0 Å². The average Bonchev–Trinajstić information content (AvgIpc) is 3.04. The van der Waals surface area contributed by atoms with Crippen molar-refractivity contribution in [3.63, 3.8) is 0 Å². The number of aliphatic hydroxyl groups is 3. The lowest BCUT2D eigenvalue weighted by atomic mass is 9.50. The van der Waals surface area contributed by atoms with Gasteiger partial charge < -0.3 is 20.4 Å². The third kappa shape index (κ3) is 19.7. The van der Waals surface area contributed by atoms with Gasteiger partial charge in [-0.1, -0.05) is 175 Å². The van der Waals surface area contributed by atoms with Gasteiger partial charge in [-0.15, -0.1) is 0 Å². The standard InChI is InChI=1S/C40H80O5/c1-4-7-10-13-20-25-30-39(31-26-21-14-11-8-5-2,32-27-22-15-12-9-6-3)40(36-43,37(34-41)35-42)33-28-23-18-16-17-19-24-29-38(44)45/h37,41-43H,4-36H2,1-3H3,(H,44,45). The molecule has 45 heavy (non-hydrogen) atoms. The maximum atomic E-state index is 11.4. The number of hydrogen-bond donors (Lipinski definition) is 4. The van der Waals surface area contributed by atoms with E-state index in [1.165, 1.54) is 116 Å². The molecule has 5 heteroatoms. The highest BCUT2D eigenvalue weighted by atomic mass is 16.4. The Morgan fingerprint density at radius 1 is 0.467 bits per heavy atom. The maximum Gasteiger partial charge on any atom is 0.303 e. The molecule has 0 heterocycles. The number of aliphatic hydroxyl groups excluding tert-OH is 3. The fraction of sp³-hybridized carbons (Fsp3) is 0.975. The number of carboxylic acids is 1. The highest BCUT2D eigenvalue weighted by Crippen LogP contribution is 2.57. The molecule has 0 saturated carbocycles. The van der Waals surface area contributed by atoms with Crippen LogP contribution >= 0.6 is 0 Å². The third-order valence-electron chi connectivity index (χ3n) is 11.1. The molecule has 4 N–H and O–H groups in total. The van der Waals surface area contributed by atoms with Crippen LogP contribution < -0.4 is 0 Å². The zero-order chi connectivity index (χ0) is 33.5. The van der Waals surface area contributed by atoms with Crippen molar-refractivity contribution in [2.45, 2.75) is 213 Å². The molecule has 0 saturated heterocycles. The maximum absolute atomic E-state index is 11.4. The van der Waals surface area contributed by atoms with Gasteiger partial charge in [-0.25, -0.2) is 0 Å². The SMILES string of the molecule is CCCCCCCCC(CCCCCCCC)(CCCCCCCC)C(CO)(CCCCCCCCCC(=O)O)C(CO)CO. The fourth-order valence-corrected chi connectivity index (χ4v) is 8.14. The summed E-state index contributed by atoms with van der Waals surface area (Å²) < 4.78 is 0. The molecule has 1 unspecified atom stereocenters. The smallest absolute Gasteiger partial charge is 0.303 e. The minimum Gasteiger partial charge on any atom is -0.481 e. The van der Waals surface area contributed by atoms with Gasteiger partial charge in [0.2, 0.25) is 0 Å². The summed E-state index contributed by atoms with van der Waals surface area (Å²) >= 11 is 0. The first-order valence-electron chi connectivity index (χ1n) is 20.0. The van der Waals surface area contributed by atoms with Crippen LogP contribution in [0, 0.1) is 16.7 Å². The first-order valence-corrected chi connectivity index (χ1v) is 20.0. The van der Waals surface area contributed by atoms with Crippen molar-refractivity contribution in [1.29, 1.82) is 0 Å². The normalized spacial score (nSPS) is 13.5. The van der Waals surface area contributed by atoms with Crippen LogP contribution in [0.1, 0.15) is 213 Å². The van der Waals surface area contributed by atoms with E-state index < -0.39 is 11.4 Å². The van der Waals surface area contributed by atoms with Gasteiger partial charge in [0.05, 0.1) is 0 Å². The van der Waals surface area contributed by atoms with Crippen molar-refractivity contribution in [3.05, 3.63) is 0 Å². The molecular weight excluding hydrogens is 560 g/mol. The summed E-state index contributed by atoms with van der Waals surface area (Å²) in [7, 11) is 0. The molecule has 0 rings (SSSR count). The van der Waals surface area contributed by atoms with Crippen LogP contribution in [-0.4, -0.2) is 46.2 Å². The Morgan fingerprint density at radius 3 is 1.09 bits per heavy atom. The second-order valence-electron chi connectivity index (χ2n) is 14.6. The molecule has 0 aromatic heterocycles. The lowest BCUT2D eigenvalue weighted by molar-refractivity contribution is -0.137. The molecule has 0 aromatic carbocycles. The minimum absolute atomic E-state index is 0.0511. The van der Waals surface area contributed by atoms with Gasteiger partial charge >= 0.3 is 5.97 Å². The molecule has 0 fully saturated rings. The fourth-order valence-electron chi connectivity index (χ4n) is 8.14. The predicted octanol–water partition coefficient (Wildman–Crippen LogP) is 11.4.